The number of nitrogens with zero attached hydrogens (tertiary/aromatic N) is 1. The number of halogens is 1. The van der Waals surface area contributed by atoms with Crippen LogP contribution in [0.4, 0.5) is 5.69 Å². The Morgan fingerprint density at radius 1 is 1.21 bits per heavy atom. The lowest BCUT2D eigenvalue weighted by Crippen LogP contribution is -2.29. The summed E-state index contributed by atoms with van der Waals surface area (Å²) in [5.74, 6) is 0.781. The fourth-order valence-corrected chi connectivity index (χ4v) is 3.05. The minimum atomic E-state index is 0.781. The molecule has 0 bridgehead atoms. The van der Waals surface area contributed by atoms with Crippen LogP contribution in [0.15, 0.2) is 22.7 Å². The van der Waals surface area contributed by atoms with Gasteiger partial charge < -0.3 is 10.2 Å². The van der Waals surface area contributed by atoms with Gasteiger partial charge in [-0.05, 0) is 53.5 Å². The first-order valence-corrected chi connectivity index (χ1v) is 8.13. The van der Waals surface area contributed by atoms with Gasteiger partial charge in [-0.1, -0.05) is 32.8 Å². The zero-order chi connectivity index (χ0) is 14.3. The minimum Gasteiger partial charge on any atom is -0.371 e. The van der Waals surface area contributed by atoms with E-state index in [0.29, 0.717) is 0 Å². The Hall–Kier alpha value is -0.540. The smallest absolute Gasteiger partial charge is 0.0510 e. The molecule has 1 rings (SSSR count). The standard InChI is InChI=1S/C16H27BrN2/c1-5-13(6-2)12-19(7-3)16-9-8-14(11-18-4)10-15(16)17/h8-10,13,18H,5-7,11-12H2,1-4H3. The molecule has 0 aliphatic carbocycles. The van der Waals surface area contributed by atoms with Crippen molar-refractivity contribution in [2.45, 2.75) is 40.2 Å². The molecule has 0 saturated carbocycles. The van der Waals surface area contributed by atoms with Gasteiger partial charge in [0, 0.05) is 24.1 Å². The van der Waals surface area contributed by atoms with Crippen molar-refractivity contribution in [2.24, 2.45) is 5.92 Å². The van der Waals surface area contributed by atoms with Gasteiger partial charge in [0.15, 0.2) is 0 Å². The Kier molecular flexibility index (Phi) is 7.47. The molecular weight excluding hydrogens is 300 g/mol. The zero-order valence-electron chi connectivity index (χ0n) is 12.7. The number of nitrogens with one attached hydrogen (secondary N) is 1. The molecule has 0 saturated heterocycles. The van der Waals surface area contributed by atoms with E-state index < -0.39 is 0 Å². The van der Waals surface area contributed by atoms with E-state index in [1.807, 2.05) is 7.05 Å². The minimum absolute atomic E-state index is 0.781. The predicted octanol–water partition coefficient (Wildman–Crippen LogP) is 4.43. The van der Waals surface area contributed by atoms with Crippen molar-refractivity contribution in [3.8, 4) is 0 Å². The Morgan fingerprint density at radius 3 is 2.37 bits per heavy atom. The number of benzene rings is 1. The maximum atomic E-state index is 3.72. The van der Waals surface area contributed by atoms with Crippen LogP contribution in [0.2, 0.25) is 0 Å². The van der Waals surface area contributed by atoms with Crippen molar-refractivity contribution >= 4 is 21.6 Å². The average Bonchev–Trinajstić information content (AvgIpc) is 2.42. The van der Waals surface area contributed by atoms with Crippen LogP contribution in [-0.2, 0) is 6.54 Å². The van der Waals surface area contributed by atoms with Gasteiger partial charge in [-0.15, -0.1) is 0 Å². The molecule has 0 unspecified atom stereocenters. The lowest BCUT2D eigenvalue weighted by atomic mass is 10.0. The molecule has 0 aliphatic rings. The predicted molar refractivity (Wildman–Crippen MR) is 88.9 cm³/mol. The summed E-state index contributed by atoms with van der Waals surface area (Å²) in [6.45, 7) is 9.92. The number of anilines is 1. The van der Waals surface area contributed by atoms with Crippen molar-refractivity contribution < 1.29 is 0 Å². The summed E-state index contributed by atoms with van der Waals surface area (Å²) in [6, 6.07) is 6.68. The van der Waals surface area contributed by atoms with Gasteiger partial charge in [0.2, 0.25) is 0 Å². The average molecular weight is 327 g/mol. The van der Waals surface area contributed by atoms with E-state index in [0.717, 1.165) is 25.6 Å². The van der Waals surface area contributed by atoms with Crippen LogP contribution >= 0.6 is 15.9 Å². The summed E-state index contributed by atoms with van der Waals surface area (Å²) in [6.07, 6.45) is 2.50. The van der Waals surface area contributed by atoms with Crippen LogP contribution in [-0.4, -0.2) is 20.1 Å². The molecule has 108 valence electrons. The van der Waals surface area contributed by atoms with Crippen LogP contribution in [0.5, 0.6) is 0 Å². The molecular formula is C16H27BrN2. The van der Waals surface area contributed by atoms with Gasteiger partial charge in [0.05, 0.1) is 5.69 Å². The number of hydrogen-bond acceptors (Lipinski definition) is 2. The summed E-state index contributed by atoms with van der Waals surface area (Å²) in [5.41, 5.74) is 2.63. The largest absolute Gasteiger partial charge is 0.371 e. The highest BCUT2D eigenvalue weighted by molar-refractivity contribution is 9.10. The Morgan fingerprint density at radius 2 is 1.89 bits per heavy atom. The van der Waals surface area contributed by atoms with Crippen LogP contribution in [0.1, 0.15) is 39.2 Å². The van der Waals surface area contributed by atoms with Crippen molar-refractivity contribution in [3.63, 3.8) is 0 Å². The zero-order valence-corrected chi connectivity index (χ0v) is 14.3. The molecule has 0 fully saturated rings. The second-order valence-electron chi connectivity index (χ2n) is 5.04. The van der Waals surface area contributed by atoms with Gasteiger partial charge in [0.1, 0.15) is 0 Å². The van der Waals surface area contributed by atoms with Gasteiger partial charge in [-0.25, -0.2) is 0 Å². The van der Waals surface area contributed by atoms with Gasteiger partial charge >= 0.3 is 0 Å². The molecule has 1 N–H and O–H groups in total. The van der Waals surface area contributed by atoms with Crippen LogP contribution in [0.25, 0.3) is 0 Å². The van der Waals surface area contributed by atoms with E-state index >= 15 is 0 Å². The first-order valence-electron chi connectivity index (χ1n) is 7.34. The summed E-state index contributed by atoms with van der Waals surface area (Å²) in [4.78, 5) is 2.48. The van der Waals surface area contributed by atoms with E-state index in [2.05, 4.69) is 65.1 Å². The van der Waals surface area contributed by atoms with E-state index in [9.17, 15) is 0 Å². The van der Waals surface area contributed by atoms with Crippen molar-refractivity contribution in [1.29, 1.82) is 0 Å². The molecule has 1 aromatic rings. The molecule has 2 nitrogen and oxygen atoms in total. The van der Waals surface area contributed by atoms with Gasteiger partial charge in [0.25, 0.3) is 0 Å². The molecule has 0 amide bonds. The van der Waals surface area contributed by atoms with Crippen molar-refractivity contribution in [3.05, 3.63) is 28.2 Å². The molecule has 0 heterocycles. The first-order chi connectivity index (χ1) is 9.15. The van der Waals surface area contributed by atoms with Crippen LogP contribution < -0.4 is 10.2 Å². The summed E-state index contributed by atoms with van der Waals surface area (Å²) >= 11 is 3.72. The molecule has 0 aromatic heterocycles. The highest BCUT2D eigenvalue weighted by Crippen LogP contribution is 2.28. The van der Waals surface area contributed by atoms with Gasteiger partial charge in [-0.3, -0.25) is 0 Å². The van der Waals surface area contributed by atoms with Crippen LogP contribution in [0, 0.1) is 5.92 Å². The highest BCUT2D eigenvalue weighted by atomic mass is 79.9. The molecule has 19 heavy (non-hydrogen) atoms. The fraction of sp³-hybridized carbons (Fsp3) is 0.625. The molecule has 0 atom stereocenters. The van der Waals surface area contributed by atoms with E-state index in [1.54, 1.807) is 0 Å². The van der Waals surface area contributed by atoms with Gasteiger partial charge in [-0.2, -0.15) is 0 Å². The normalized spacial score (nSPS) is 11.1. The third kappa shape index (κ3) is 4.81. The Labute approximate surface area is 126 Å². The maximum Gasteiger partial charge on any atom is 0.0510 e. The molecule has 0 spiro atoms. The lowest BCUT2D eigenvalue weighted by Gasteiger charge is -2.28. The Bertz CT molecular complexity index is 375. The quantitative estimate of drug-likeness (QED) is 0.760. The SMILES string of the molecule is CCC(CC)CN(CC)c1ccc(CNC)cc1Br. The summed E-state index contributed by atoms with van der Waals surface area (Å²) < 4.78 is 1.20. The first kappa shape index (κ1) is 16.5. The third-order valence-electron chi connectivity index (χ3n) is 3.75. The second kappa shape index (κ2) is 8.60. The second-order valence-corrected chi connectivity index (χ2v) is 5.89. The molecule has 0 aliphatic heterocycles. The van der Waals surface area contributed by atoms with E-state index in [-0.39, 0.29) is 0 Å². The topological polar surface area (TPSA) is 15.3 Å². The lowest BCUT2D eigenvalue weighted by molar-refractivity contribution is 0.486. The van der Waals surface area contributed by atoms with E-state index in [1.165, 1.54) is 28.6 Å². The highest BCUT2D eigenvalue weighted by Gasteiger charge is 2.13. The maximum absolute atomic E-state index is 3.72. The molecule has 1 aromatic carbocycles. The molecule has 3 heteroatoms. The van der Waals surface area contributed by atoms with Crippen molar-refractivity contribution in [2.75, 3.05) is 25.0 Å². The third-order valence-corrected chi connectivity index (χ3v) is 4.38. The molecule has 0 radical (unpaired) electrons. The van der Waals surface area contributed by atoms with Crippen molar-refractivity contribution in [1.82, 2.24) is 5.32 Å². The van der Waals surface area contributed by atoms with E-state index in [4.69, 9.17) is 0 Å². The number of rotatable bonds is 8. The summed E-state index contributed by atoms with van der Waals surface area (Å²) in [7, 11) is 1.98. The van der Waals surface area contributed by atoms with Crippen LogP contribution in [0.3, 0.4) is 0 Å². The Balaban J connectivity index is 2.86. The monoisotopic (exact) mass is 326 g/mol. The summed E-state index contributed by atoms with van der Waals surface area (Å²) in [5, 5.41) is 3.19. The fourth-order valence-electron chi connectivity index (χ4n) is 2.38. The number of hydrogen-bond donors (Lipinski definition) is 1.